The van der Waals surface area contributed by atoms with E-state index in [0.717, 1.165) is 50.1 Å². The first-order chi connectivity index (χ1) is 10.6. The van der Waals surface area contributed by atoms with Crippen LogP contribution in [0.15, 0.2) is 18.2 Å². The summed E-state index contributed by atoms with van der Waals surface area (Å²) in [5, 5.41) is 0. The second-order valence-corrected chi connectivity index (χ2v) is 6.32. The van der Waals surface area contributed by atoms with Crippen LogP contribution in [0.2, 0.25) is 0 Å². The van der Waals surface area contributed by atoms with E-state index in [2.05, 4.69) is 32.0 Å². The molecule has 0 bridgehead atoms. The zero-order chi connectivity index (χ0) is 15.9. The predicted octanol–water partition coefficient (Wildman–Crippen LogP) is 3.22. The first kappa shape index (κ1) is 19.8. The summed E-state index contributed by atoms with van der Waals surface area (Å²) in [5.41, 5.74) is 8.28. The third-order valence-electron chi connectivity index (χ3n) is 4.20. The monoisotopic (exact) mass is 340 g/mol. The van der Waals surface area contributed by atoms with Crippen LogP contribution in [0.3, 0.4) is 0 Å². The average molecular weight is 341 g/mol. The summed E-state index contributed by atoms with van der Waals surface area (Å²) in [6.07, 6.45) is 4.44. The SMILES string of the molecule is Cc1ccc(C)c(OCCCCC(=O)N2CCCC(N)C2)c1.Cl. The van der Waals surface area contributed by atoms with Crippen molar-refractivity contribution < 1.29 is 9.53 Å². The maximum atomic E-state index is 12.1. The molecule has 2 rings (SSSR count). The second-order valence-electron chi connectivity index (χ2n) is 6.32. The van der Waals surface area contributed by atoms with E-state index in [1.165, 1.54) is 5.56 Å². The number of nitrogens with zero attached hydrogens (tertiary/aromatic N) is 1. The molecular formula is C18H29ClN2O2. The van der Waals surface area contributed by atoms with Gasteiger partial charge in [-0.15, -0.1) is 12.4 Å². The molecule has 1 saturated heterocycles. The summed E-state index contributed by atoms with van der Waals surface area (Å²) in [7, 11) is 0. The van der Waals surface area contributed by atoms with Crippen molar-refractivity contribution in [2.24, 2.45) is 5.73 Å². The van der Waals surface area contributed by atoms with Gasteiger partial charge in [0.05, 0.1) is 6.61 Å². The molecule has 1 amide bonds. The molecule has 5 heteroatoms. The van der Waals surface area contributed by atoms with Crippen molar-refractivity contribution in [3.05, 3.63) is 29.3 Å². The van der Waals surface area contributed by atoms with E-state index >= 15 is 0 Å². The van der Waals surface area contributed by atoms with E-state index < -0.39 is 0 Å². The maximum Gasteiger partial charge on any atom is 0.222 e. The van der Waals surface area contributed by atoms with Gasteiger partial charge in [-0.3, -0.25) is 4.79 Å². The molecular weight excluding hydrogens is 312 g/mol. The highest BCUT2D eigenvalue weighted by Crippen LogP contribution is 2.19. The number of halogens is 1. The van der Waals surface area contributed by atoms with Crippen LogP contribution in [-0.2, 0) is 4.79 Å². The highest BCUT2D eigenvalue weighted by molar-refractivity contribution is 5.85. The van der Waals surface area contributed by atoms with Crippen LogP contribution in [0.5, 0.6) is 5.75 Å². The number of likely N-dealkylation sites (tertiary alicyclic amines) is 1. The predicted molar refractivity (Wildman–Crippen MR) is 96.3 cm³/mol. The van der Waals surface area contributed by atoms with Gasteiger partial charge in [-0.25, -0.2) is 0 Å². The van der Waals surface area contributed by atoms with Crippen molar-refractivity contribution in [1.29, 1.82) is 0 Å². The van der Waals surface area contributed by atoms with Gasteiger partial charge in [-0.2, -0.15) is 0 Å². The molecule has 0 saturated carbocycles. The molecule has 1 atom stereocenters. The largest absolute Gasteiger partial charge is 0.493 e. The van der Waals surface area contributed by atoms with E-state index in [0.29, 0.717) is 13.0 Å². The lowest BCUT2D eigenvalue weighted by atomic mass is 10.1. The fraction of sp³-hybridized carbons (Fsp3) is 0.611. The van der Waals surface area contributed by atoms with Crippen molar-refractivity contribution in [3.8, 4) is 5.75 Å². The lowest BCUT2D eigenvalue weighted by molar-refractivity contribution is -0.132. The van der Waals surface area contributed by atoms with Gasteiger partial charge in [0.25, 0.3) is 0 Å². The van der Waals surface area contributed by atoms with Crippen molar-refractivity contribution in [1.82, 2.24) is 4.90 Å². The normalized spacial score (nSPS) is 17.5. The van der Waals surface area contributed by atoms with Crippen LogP contribution < -0.4 is 10.5 Å². The van der Waals surface area contributed by atoms with E-state index in [9.17, 15) is 4.79 Å². The molecule has 130 valence electrons. The zero-order valence-electron chi connectivity index (χ0n) is 14.2. The van der Waals surface area contributed by atoms with Gasteiger partial charge in [-0.1, -0.05) is 12.1 Å². The van der Waals surface area contributed by atoms with E-state index in [-0.39, 0.29) is 24.4 Å². The number of aryl methyl sites for hydroxylation is 2. The van der Waals surface area contributed by atoms with Crippen LogP contribution in [0.25, 0.3) is 0 Å². The number of benzene rings is 1. The molecule has 1 fully saturated rings. The number of ether oxygens (including phenoxy) is 1. The third-order valence-corrected chi connectivity index (χ3v) is 4.20. The number of carbonyl (C=O) groups is 1. The summed E-state index contributed by atoms with van der Waals surface area (Å²) in [5.74, 6) is 1.19. The summed E-state index contributed by atoms with van der Waals surface area (Å²) in [4.78, 5) is 14.0. The standard InChI is InChI=1S/C18H28N2O2.ClH/c1-14-8-9-15(2)17(12-14)22-11-4-3-7-18(21)20-10-5-6-16(19)13-20;/h8-9,12,16H,3-7,10-11,13,19H2,1-2H3;1H. The minimum Gasteiger partial charge on any atom is -0.493 e. The van der Waals surface area contributed by atoms with E-state index in [1.54, 1.807) is 0 Å². The molecule has 23 heavy (non-hydrogen) atoms. The molecule has 2 N–H and O–H groups in total. The van der Waals surface area contributed by atoms with Crippen molar-refractivity contribution in [3.63, 3.8) is 0 Å². The van der Waals surface area contributed by atoms with Crippen LogP contribution in [0.4, 0.5) is 0 Å². The lowest BCUT2D eigenvalue weighted by Crippen LogP contribution is -2.45. The first-order valence-electron chi connectivity index (χ1n) is 8.29. The number of hydrogen-bond donors (Lipinski definition) is 1. The van der Waals surface area contributed by atoms with Crippen LogP contribution >= 0.6 is 12.4 Å². The topological polar surface area (TPSA) is 55.6 Å². The van der Waals surface area contributed by atoms with Gasteiger partial charge in [0.1, 0.15) is 5.75 Å². The van der Waals surface area contributed by atoms with Gasteiger partial charge < -0.3 is 15.4 Å². The second kappa shape index (κ2) is 9.78. The molecule has 4 nitrogen and oxygen atoms in total. The molecule has 1 aromatic rings. The third kappa shape index (κ3) is 6.40. The summed E-state index contributed by atoms with van der Waals surface area (Å²) >= 11 is 0. The Morgan fingerprint density at radius 2 is 2.13 bits per heavy atom. The summed E-state index contributed by atoms with van der Waals surface area (Å²) < 4.78 is 5.82. The molecule has 1 heterocycles. The Labute approximate surface area is 145 Å². The van der Waals surface area contributed by atoms with Crippen LogP contribution in [0.1, 0.15) is 43.2 Å². The van der Waals surface area contributed by atoms with Gasteiger partial charge in [-0.05, 0) is 56.7 Å². The van der Waals surface area contributed by atoms with Crippen molar-refractivity contribution in [2.45, 2.75) is 52.0 Å². The molecule has 1 unspecified atom stereocenters. The average Bonchev–Trinajstić information content (AvgIpc) is 2.50. The Morgan fingerprint density at radius 1 is 1.35 bits per heavy atom. The summed E-state index contributed by atoms with van der Waals surface area (Å²) in [6, 6.07) is 6.39. The quantitative estimate of drug-likeness (QED) is 0.809. The zero-order valence-corrected chi connectivity index (χ0v) is 15.0. The molecule has 0 spiro atoms. The Balaban J connectivity index is 0.00000264. The summed E-state index contributed by atoms with van der Waals surface area (Å²) in [6.45, 7) is 6.37. The Hall–Kier alpha value is -1.26. The minimum atomic E-state index is 0. The van der Waals surface area contributed by atoms with Crippen molar-refractivity contribution >= 4 is 18.3 Å². The highest BCUT2D eigenvalue weighted by Gasteiger charge is 2.20. The number of hydrogen-bond acceptors (Lipinski definition) is 3. The minimum absolute atomic E-state index is 0. The van der Waals surface area contributed by atoms with E-state index in [4.69, 9.17) is 10.5 Å². The maximum absolute atomic E-state index is 12.1. The van der Waals surface area contributed by atoms with Crippen LogP contribution in [0, 0.1) is 13.8 Å². The molecule has 1 aliphatic heterocycles. The molecule has 0 radical (unpaired) electrons. The smallest absolute Gasteiger partial charge is 0.222 e. The molecule has 1 aromatic carbocycles. The molecule has 0 aliphatic carbocycles. The highest BCUT2D eigenvalue weighted by atomic mass is 35.5. The van der Waals surface area contributed by atoms with Crippen molar-refractivity contribution in [2.75, 3.05) is 19.7 Å². The van der Waals surface area contributed by atoms with Crippen LogP contribution in [-0.4, -0.2) is 36.5 Å². The number of amides is 1. The first-order valence-corrected chi connectivity index (χ1v) is 8.29. The van der Waals surface area contributed by atoms with Gasteiger partial charge >= 0.3 is 0 Å². The number of unbranched alkanes of at least 4 members (excludes halogenated alkanes) is 1. The van der Waals surface area contributed by atoms with Gasteiger partial charge in [0.15, 0.2) is 0 Å². The van der Waals surface area contributed by atoms with Gasteiger partial charge in [0.2, 0.25) is 5.91 Å². The number of carbonyl (C=O) groups excluding carboxylic acids is 1. The fourth-order valence-corrected chi connectivity index (χ4v) is 2.82. The number of nitrogens with two attached hydrogens (primary N) is 1. The fourth-order valence-electron chi connectivity index (χ4n) is 2.82. The lowest BCUT2D eigenvalue weighted by Gasteiger charge is -2.30. The number of piperidine rings is 1. The Kier molecular flexibility index (Phi) is 8.42. The Bertz CT molecular complexity index is 508. The molecule has 0 aromatic heterocycles. The number of rotatable bonds is 6. The Morgan fingerprint density at radius 3 is 2.87 bits per heavy atom. The van der Waals surface area contributed by atoms with Gasteiger partial charge in [0, 0.05) is 25.6 Å². The van der Waals surface area contributed by atoms with E-state index in [1.807, 2.05) is 4.90 Å². The molecule has 1 aliphatic rings.